The van der Waals surface area contributed by atoms with Crippen molar-refractivity contribution in [1.82, 2.24) is 20.6 Å². The second-order valence-corrected chi connectivity index (χ2v) is 13.6. The Kier molecular flexibility index (Phi) is 8.69. The van der Waals surface area contributed by atoms with E-state index in [-0.39, 0.29) is 35.0 Å². The Morgan fingerprint density at radius 1 is 0.886 bits per heavy atom. The normalized spacial score (nSPS) is 15.5. The van der Waals surface area contributed by atoms with Crippen molar-refractivity contribution in [3.63, 3.8) is 0 Å². The van der Waals surface area contributed by atoms with E-state index in [1.165, 1.54) is 43.7 Å². The number of urea groups is 1. The van der Waals surface area contributed by atoms with Gasteiger partial charge in [0.25, 0.3) is 11.9 Å². The SMILES string of the molecule is O=C(Nc1nn[nH]n1)c1ccc(CN(C(=O)Nc2cccc(S(=O)(=O)CC3CC3)c2)c2ccc(C3CCCCC3)cc2)cc1. The van der Waals surface area contributed by atoms with E-state index in [0.717, 1.165) is 18.4 Å². The Bertz CT molecular complexity index is 1700. The van der Waals surface area contributed by atoms with Crippen molar-refractivity contribution < 1.29 is 18.0 Å². The van der Waals surface area contributed by atoms with Crippen molar-refractivity contribution >= 4 is 39.1 Å². The number of carbonyl (C=O) groups excluding carboxylic acids is 2. The van der Waals surface area contributed by atoms with E-state index in [9.17, 15) is 18.0 Å². The Labute approximate surface area is 256 Å². The largest absolute Gasteiger partial charge is 0.326 e. The van der Waals surface area contributed by atoms with Crippen molar-refractivity contribution in [2.75, 3.05) is 21.3 Å². The molecule has 0 bridgehead atoms. The van der Waals surface area contributed by atoms with E-state index in [1.54, 1.807) is 47.4 Å². The quantitative estimate of drug-likeness (QED) is 0.201. The van der Waals surface area contributed by atoms with Gasteiger partial charge in [0.05, 0.1) is 17.2 Å². The number of nitrogens with zero attached hydrogens (tertiary/aromatic N) is 4. The lowest BCUT2D eigenvalue weighted by Gasteiger charge is -2.26. The lowest BCUT2D eigenvalue weighted by atomic mass is 9.84. The Morgan fingerprint density at radius 3 is 2.32 bits per heavy atom. The van der Waals surface area contributed by atoms with Crippen LogP contribution in [-0.4, -0.2) is 46.7 Å². The van der Waals surface area contributed by atoms with Crippen LogP contribution in [0.1, 0.15) is 72.3 Å². The summed E-state index contributed by atoms with van der Waals surface area (Å²) in [6.45, 7) is 0.223. The monoisotopic (exact) mass is 613 g/mol. The molecule has 0 atom stereocenters. The van der Waals surface area contributed by atoms with Crippen molar-refractivity contribution in [2.24, 2.45) is 5.92 Å². The molecule has 2 aliphatic rings. The van der Waals surface area contributed by atoms with Gasteiger partial charge in [0.15, 0.2) is 9.84 Å². The third kappa shape index (κ3) is 7.31. The third-order valence-corrected chi connectivity index (χ3v) is 10.1. The number of aromatic nitrogens is 4. The van der Waals surface area contributed by atoms with E-state index in [1.807, 2.05) is 12.1 Å². The maximum absolute atomic E-state index is 13.8. The molecule has 228 valence electrons. The van der Waals surface area contributed by atoms with Gasteiger partial charge in [-0.25, -0.2) is 13.2 Å². The van der Waals surface area contributed by atoms with Gasteiger partial charge in [-0.2, -0.15) is 5.21 Å². The fourth-order valence-electron chi connectivity index (χ4n) is 5.62. The Balaban J connectivity index is 1.22. The highest BCUT2D eigenvalue weighted by Crippen LogP contribution is 2.34. The number of nitrogens with one attached hydrogen (secondary N) is 3. The molecule has 2 fully saturated rings. The summed E-state index contributed by atoms with van der Waals surface area (Å²) in [6, 6.07) is 21.1. The van der Waals surface area contributed by atoms with Gasteiger partial charge < -0.3 is 5.32 Å². The summed E-state index contributed by atoms with van der Waals surface area (Å²) in [5, 5.41) is 18.6. The average Bonchev–Trinajstić information content (AvgIpc) is 3.70. The van der Waals surface area contributed by atoms with Gasteiger partial charge in [-0.05, 0) is 96.3 Å². The van der Waals surface area contributed by atoms with Crippen LogP contribution >= 0.6 is 0 Å². The molecule has 3 aromatic carbocycles. The highest BCUT2D eigenvalue weighted by Gasteiger charge is 2.29. The van der Waals surface area contributed by atoms with Crippen molar-refractivity contribution in [2.45, 2.75) is 62.3 Å². The van der Waals surface area contributed by atoms with Crippen LogP contribution in [0.15, 0.2) is 77.7 Å². The molecule has 3 N–H and O–H groups in total. The molecule has 1 aromatic heterocycles. The molecule has 11 nitrogen and oxygen atoms in total. The molecule has 12 heteroatoms. The Morgan fingerprint density at radius 2 is 1.64 bits per heavy atom. The van der Waals surface area contributed by atoms with E-state index in [4.69, 9.17) is 0 Å². The maximum Gasteiger partial charge on any atom is 0.326 e. The molecule has 0 aliphatic heterocycles. The molecule has 3 amide bonds. The molecule has 4 aromatic rings. The van der Waals surface area contributed by atoms with Gasteiger partial charge in [0.1, 0.15) is 0 Å². The minimum absolute atomic E-state index is 0.0722. The number of H-pyrrole nitrogens is 1. The zero-order valence-corrected chi connectivity index (χ0v) is 25.1. The van der Waals surface area contributed by atoms with Crippen LogP contribution in [0.5, 0.6) is 0 Å². The van der Waals surface area contributed by atoms with Crippen molar-refractivity contribution in [3.05, 3.63) is 89.5 Å². The molecule has 2 saturated carbocycles. The average molecular weight is 614 g/mol. The minimum Gasteiger partial charge on any atom is -0.307 e. The molecule has 44 heavy (non-hydrogen) atoms. The van der Waals surface area contributed by atoms with Crippen LogP contribution in [0.25, 0.3) is 0 Å². The predicted octanol–water partition coefficient (Wildman–Crippen LogP) is 5.92. The van der Waals surface area contributed by atoms with E-state index >= 15 is 0 Å². The highest BCUT2D eigenvalue weighted by atomic mass is 32.2. The summed E-state index contributed by atoms with van der Waals surface area (Å²) in [7, 11) is -3.43. The zero-order valence-electron chi connectivity index (χ0n) is 24.3. The molecule has 0 spiro atoms. The van der Waals surface area contributed by atoms with Crippen molar-refractivity contribution in [3.8, 4) is 0 Å². The molecule has 1 heterocycles. The van der Waals surface area contributed by atoms with Gasteiger partial charge in [-0.15, -0.1) is 5.10 Å². The predicted molar refractivity (Wildman–Crippen MR) is 167 cm³/mol. The topological polar surface area (TPSA) is 150 Å². The lowest BCUT2D eigenvalue weighted by molar-refractivity contribution is 0.102. The first-order chi connectivity index (χ1) is 21.3. The molecule has 2 aliphatic carbocycles. The number of amides is 3. The Hall–Kier alpha value is -4.58. The molecular formula is C32H35N7O4S. The lowest BCUT2D eigenvalue weighted by Crippen LogP contribution is -2.34. The summed E-state index contributed by atoms with van der Waals surface area (Å²) in [6.07, 6.45) is 7.98. The number of hydrogen-bond donors (Lipinski definition) is 3. The van der Waals surface area contributed by atoms with Gasteiger partial charge in [-0.3, -0.25) is 15.0 Å². The van der Waals surface area contributed by atoms with Crippen LogP contribution in [-0.2, 0) is 16.4 Å². The molecule has 6 rings (SSSR count). The standard InChI is InChI=1S/C32H35N7O4S/c40-30(34-31-35-37-38-36-31)26-13-11-22(12-14-26)20-39(28-17-15-25(16-18-28)24-5-2-1-3-6-24)32(41)33-27-7-4-8-29(19-27)44(42,43)21-23-9-10-23/h4,7-8,11-19,23-24H,1-3,5-6,9-10,20-21H2,(H,33,41)(H2,34,35,36,37,38,40). The molecular weight excluding hydrogens is 578 g/mol. The summed E-state index contributed by atoms with van der Waals surface area (Å²) in [5.41, 5.74) is 3.59. The van der Waals surface area contributed by atoms with Crippen LogP contribution in [0.4, 0.5) is 22.1 Å². The van der Waals surface area contributed by atoms with Gasteiger partial charge in [-0.1, -0.05) is 54.7 Å². The summed E-state index contributed by atoms with van der Waals surface area (Å²) in [4.78, 5) is 28.2. The second-order valence-electron chi connectivity index (χ2n) is 11.6. The minimum atomic E-state index is -3.43. The first-order valence-electron chi connectivity index (χ1n) is 15.0. The number of tetrazole rings is 1. The number of rotatable bonds is 10. The van der Waals surface area contributed by atoms with Crippen LogP contribution in [0, 0.1) is 5.92 Å². The van der Waals surface area contributed by atoms with E-state index in [2.05, 4.69) is 43.4 Å². The van der Waals surface area contributed by atoms with Gasteiger partial charge >= 0.3 is 6.03 Å². The maximum atomic E-state index is 13.8. The third-order valence-electron chi connectivity index (χ3n) is 8.25. The fraction of sp³-hybridized carbons (Fsp3) is 0.344. The molecule has 0 radical (unpaired) electrons. The summed E-state index contributed by atoms with van der Waals surface area (Å²) in [5.74, 6) is 0.575. The number of benzene rings is 3. The number of carbonyl (C=O) groups is 2. The number of aromatic amines is 1. The van der Waals surface area contributed by atoms with Gasteiger partial charge in [0.2, 0.25) is 0 Å². The smallest absolute Gasteiger partial charge is 0.307 e. The molecule has 0 unspecified atom stereocenters. The van der Waals surface area contributed by atoms with E-state index in [0.29, 0.717) is 22.9 Å². The number of anilines is 3. The highest BCUT2D eigenvalue weighted by molar-refractivity contribution is 7.91. The van der Waals surface area contributed by atoms with Crippen LogP contribution < -0.4 is 15.5 Å². The molecule has 0 saturated heterocycles. The first-order valence-corrected chi connectivity index (χ1v) is 16.6. The number of sulfone groups is 1. The fourth-order valence-corrected chi connectivity index (χ4v) is 7.36. The van der Waals surface area contributed by atoms with Crippen LogP contribution in [0.3, 0.4) is 0 Å². The zero-order chi connectivity index (χ0) is 30.5. The second kappa shape index (κ2) is 13.0. The van der Waals surface area contributed by atoms with Gasteiger partial charge in [0, 0.05) is 16.9 Å². The van der Waals surface area contributed by atoms with Crippen molar-refractivity contribution in [1.29, 1.82) is 0 Å². The summed E-state index contributed by atoms with van der Waals surface area (Å²) >= 11 is 0. The summed E-state index contributed by atoms with van der Waals surface area (Å²) < 4.78 is 25.8. The first kappa shape index (κ1) is 29.5. The van der Waals surface area contributed by atoms with Crippen LogP contribution in [0.2, 0.25) is 0 Å². The van der Waals surface area contributed by atoms with E-state index < -0.39 is 15.9 Å². The number of hydrogen-bond acceptors (Lipinski definition) is 7.